The van der Waals surface area contributed by atoms with Crippen LogP contribution in [0.1, 0.15) is 15.9 Å². The number of carbonyl (C=O) groups is 1. The van der Waals surface area contributed by atoms with Crippen molar-refractivity contribution in [1.82, 2.24) is 4.98 Å². The molecule has 0 atom stereocenters. The number of pyridine rings is 1. The zero-order valence-electron chi connectivity index (χ0n) is 9.64. The molecule has 1 aromatic heterocycles. The summed E-state index contributed by atoms with van der Waals surface area (Å²) in [6, 6.07) is 6.46. The van der Waals surface area contributed by atoms with Crippen molar-refractivity contribution < 1.29 is 9.90 Å². The van der Waals surface area contributed by atoms with E-state index in [1.165, 1.54) is 6.07 Å². The molecule has 18 heavy (non-hydrogen) atoms. The first-order valence-corrected chi connectivity index (χ1v) is 6.07. The second-order valence-electron chi connectivity index (χ2n) is 3.81. The van der Waals surface area contributed by atoms with Gasteiger partial charge in [-0.25, -0.2) is 0 Å². The van der Waals surface area contributed by atoms with Gasteiger partial charge in [-0.3, -0.25) is 9.78 Å². The Morgan fingerprint density at radius 1 is 1.39 bits per heavy atom. The quantitative estimate of drug-likeness (QED) is 0.896. The number of phenols is 1. The number of aromatic nitrogens is 1. The van der Waals surface area contributed by atoms with Gasteiger partial charge in [0.25, 0.3) is 5.91 Å². The number of aromatic hydroxyl groups is 1. The molecule has 0 aliphatic heterocycles. The molecule has 92 valence electrons. The minimum absolute atomic E-state index is 0.0615. The third-order valence-corrected chi connectivity index (χ3v) is 2.97. The molecule has 0 aliphatic rings. The Morgan fingerprint density at radius 2 is 2.17 bits per heavy atom. The molecular formula is C13H11BrN2O2. The van der Waals surface area contributed by atoms with Gasteiger partial charge in [0.2, 0.25) is 0 Å². The lowest BCUT2D eigenvalue weighted by molar-refractivity contribution is 0.102. The first-order chi connectivity index (χ1) is 8.58. The monoisotopic (exact) mass is 306 g/mol. The smallest absolute Gasteiger partial charge is 0.259 e. The predicted molar refractivity (Wildman–Crippen MR) is 72.7 cm³/mol. The Balaban J connectivity index is 2.25. The summed E-state index contributed by atoms with van der Waals surface area (Å²) < 4.78 is 0.719. The molecule has 0 unspecified atom stereocenters. The van der Waals surface area contributed by atoms with Crippen molar-refractivity contribution in [3.05, 3.63) is 52.3 Å². The summed E-state index contributed by atoms with van der Waals surface area (Å²) in [5.41, 5.74) is 1.77. The van der Waals surface area contributed by atoms with Gasteiger partial charge in [0, 0.05) is 22.6 Å². The highest BCUT2D eigenvalue weighted by molar-refractivity contribution is 9.10. The van der Waals surface area contributed by atoms with Crippen LogP contribution in [-0.2, 0) is 0 Å². The Labute approximate surface area is 113 Å². The molecule has 0 saturated carbocycles. The number of nitrogens with zero attached hydrogens (tertiary/aromatic N) is 1. The molecule has 0 aliphatic carbocycles. The van der Waals surface area contributed by atoms with E-state index in [-0.39, 0.29) is 17.2 Å². The van der Waals surface area contributed by atoms with E-state index in [0.717, 1.165) is 10.0 Å². The summed E-state index contributed by atoms with van der Waals surface area (Å²) >= 11 is 3.22. The van der Waals surface area contributed by atoms with E-state index in [2.05, 4.69) is 26.2 Å². The van der Waals surface area contributed by atoms with Gasteiger partial charge in [0.1, 0.15) is 5.75 Å². The van der Waals surface area contributed by atoms with Crippen LogP contribution in [0.4, 0.5) is 5.69 Å². The highest BCUT2D eigenvalue weighted by Crippen LogP contribution is 2.23. The molecular weight excluding hydrogens is 296 g/mol. The van der Waals surface area contributed by atoms with Crippen LogP contribution in [-0.4, -0.2) is 16.0 Å². The molecule has 0 spiro atoms. The molecule has 0 bridgehead atoms. The lowest BCUT2D eigenvalue weighted by atomic mass is 10.1. The number of halogens is 1. The van der Waals surface area contributed by atoms with Gasteiger partial charge in [-0.2, -0.15) is 0 Å². The molecule has 0 fully saturated rings. The maximum atomic E-state index is 12.0. The van der Waals surface area contributed by atoms with E-state index in [4.69, 9.17) is 0 Å². The topological polar surface area (TPSA) is 62.2 Å². The Morgan fingerprint density at radius 3 is 2.83 bits per heavy atom. The maximum Gasteiger partial charge on any atom is 0.259 e. The van der Waals surface area contributed by atoms with E-state index >= 15 is 0 Å². The third-order valence-electron chi connectivity index (χ3n) is 2.47. The van der Waals surface area contributed by atoms with Gasteiger partial charge in [-0.1, -0.05) is 15.9 Å². The van der Waals surface area contributed by atoms with E-state index in [9.17, 15) is 9.90 Å². The minimum Gasteiger partial charge on any atom is -0.507 e. The van der Waals surface area contributed by atoms with Crippen molar-refractivity contribution in [3.63, 3.8) is 0 Å². The second kappa shape index (κ2) is 5.18. The number of nitrogens with one attached hydrogen (secondary N) is 1. The van der Waals surface area contributed by atoms with Crippen molar-refractivity contribution >= 4 is 27.5 Å². The van der Waals surface area contributed by atoms with Crippen LogP contribution >= 0.6 is 15.9 Å². The Kier molecular flexibility index (Phi) is 3.62. The van der Waals surface area contributed by atoms with Crippen molar-refractivity contribution in [3.8, 4) is 5.75 Å². The maximum absolute atomic E-state index is 12.0. The van der Waals surface area contributed by atoms with Gasteiger partial charge in [-0.15, -0.1) is 0 Å². The van der Waals surface area contributed by atoms with Crippen LogP contribution in [0.15, 0.2) is 41.1 Å². The third kappa shape index (κ3) is 2.68. The number of anilines is 1. The van der Waals surface area contributed by atoms with Crippen LogP contribution in [0.3, 0.4) is 0 Å². The summed E-state index contributed by atoms with van der Waals surface area (Å²) in [4.78, 5) is 15.9. The van der Waals surface area contributed by atoms with E-state index in [1.807, 2.05) is 6.92 Å². The van der Waals surface area contributed by atoms with Gasteiger partial charge in [-0.05, 0) is 36.8 Å². The fourth-order valence-corrected chi connectivity index (χ4v) is 1.85. The minimum atomic E-state index is -0.352. The SMILES string of the molecule is Cc1cnccc1NC(=O)c1ccc(Br)cc1O. The van der Waals surface area contributed by atoms with Crippen molar-refractivity contribution in [2.75, 3.05) is 5.32 Å². The van der Waals surface area contributed by atoms with E-state index in [1.54, 1.807) is 30.6 Å². The molecule has 0 saturated heterocycles. The number of carbonyl (C=O) groups excluding carboxylic acids is 1. The zero-order valence-corrected chi connectivity index (χ0v) is 11.2. The van der Waals surface area contributed by atoms with Crippen LogP contribution in [0.5, 0.6) is 5.75 Å². The number of hydrogen-bond donors (Lipinski definition) is 2. The van der Waals surface area contributed by atoms with Gasteiger partial charge < -0.3 is 10.4 Å². The standard InChI is InChI=1S/C13H11BrN2O2/c1-8-7-15-5-4-11(8)16-13(18)10-3-2-9(14)6-12(10)17/h2-7,17H,1H3,(H,15,16,18). The average Bonchev–Trinajstić information content (AvgIpc) is 2.32. The van der Waals surface area contributed by atoms with Crippen LogP contribution in [0.2, 0.25) is 0 Å². The number of amides is 1. The fraction of sp³-hybridized carbons (Fsp3) is 0.0769. The van der Waals surface area contributed by atoms with E-state index < -0.39 is 0 Å². The first kappa shape index (κ1) is 12.6. The molecule has 1 heterocycles. The highest BCUT2D eigenvalue weighted by atomic mass is 79.9. The summed E-state index contributed by atoms with van der Waals surface area (Å²) in [6.45, 7) is 1.85. The summed E-state index contributed by atoms with van der Waals surface area (Å²) in [7, 11) is 0. The first-order valence-electron chi connectivity index (χ1n) is 5.28. The normalized spacial score (nSPS) is 10.1. The zero-order chi connectivity index (χ0) is 13.1. The van der Waals surface area contributed by atoms with Gasteiger partial charge >= 0.3 is 0 Å². The summed E-state index contributed by atoms with van der Waals surface area (Å²) in [5, 5.41) is 12.4. The highest BCUT2D eigenvalue weighted by Gasteiger charge is 2.12. The number of benzene rings is 1. The second-order valence-corrected chi connectivity index (χ2v) is 4.72. The number of aryl methyl sites for hydroxylation is 1. The summed E-state index contributed by atoms with van der Waals surface area (Å²) in [5.74, 6) is -0.414. The molecule has 5 heteroatoms. The van der Waals surface area contributed by atoms with Crippen LogP contribution < -0.4 is 5.32 Å². The van der Waals surface area contributed by atoms with Crippen molar-refractivity contribution in [2.45, 2.75) is 6.92 Å². The molecule has 2 N–H and O–H groups in total. The fourth-order valence-electron chi connectivity index (χ4n) is 1.50. The molecule has 2 rings (SSSR count). The predicted octanol–water partition coefficient (Wildman–Crippen LogP) is 3.11. The molecule has 1 amide bonds. The van der Waals surface area contributed by atoms with Gasteiger partial charge in [0.15, 0.2) is 0 Å². The largest absolute Gasteiger partial charge is 0.507 e. The van der Waals surface area contributed by atoms with Gasteiger partial charge in [0.05, 0.1) is 5.56 Å². The number of phenolic OH excluding ortho intramolecular Hbond substituents is 1. The lowest BCUT2D eigenvalue weighted by Gasteiger charge is -2.08. The molecule has 0 radical (unpaired) electrons. The molecule has 2 aromatic rings. The van der Waals surface area contributed by atoms with Crippen LogP contribution in [0.25, 0.3) is 0 Å². The van der Waals surface area contributed by atoms with E-state index in [0.29, 0.717) is 5.69 Å². The average molecular weight is 307 g/mol. The van der Waals surface area contributed by atoms with Crippen molar-refractivity contribution in [2.24, 2.45) is 0 Å². The molecule has 1 aromatic carbocycles. The summed E-state index contributed by atoms with van der Waals surface area (Å²) in [6.07, 6.45) is 3.26. The van der Waals surface area contributed by atoms with Crippen molar-refractivity contribution in [1.29, 1.82) is 0 Å². The molecule has 4 nitrogen and oxygen atoms in total. The Bertz CT molecular complexity index is 599. The van der Waals surface area contributed by atoms with Crippen LogP contribution in [0, 0.1) is 6.92 Å². The number of rotatable bonds is 2. The number of hydrogen-bond acceptors (Lipinski definition) is 3. The lowest BCUT2D eigenvalue weighted by Crippen LogP contribution is -2.13. The Hall–Kier alpha value is -1.88.